The molecule has 0 aliphatic rings. The van der Waals surface area contributed by atoms with Gasteiger partial charge in [-0.1, -0.05) is 77.0 Å². The predicted octanol–water partition coefficient (Wildman–Crippen LogP) is 4.99. The van der Waals surface area contributed by atoms with Crippen molar-refractivity contribution in [3.63, 3.8) is 0 Å². The van der Waals surface area contributed by atoms with Crippen molar-refractivity contribution in [3.05, 3.63) is 0 Å². The smallest absolute Gasteiger partial charge is 0.0431 e. The van der Waals surface area contributed by atoms with Crippen LogP contribution in [0.4, 0.5) is 0 Å². The van der Waals surface area contributed by atoms with Gasteiger partial charge in [-0.05, 0) is 12.8 Å². The minimum atomic E-state index is 0. The van der Waals surface area contributed by atoms with Gasteiger partial charge in [0.15, 0.2) is 0 Å². The van der Waals surface area contributed by atoms with Crippen molar-refractivity contribution < 1.29 is 27.5 Å². The molecule has 0 heterocycles. The first-order chi connectivity index (χ1) is 10.7. The van der Waals surface area contributed by atoms with Crippen LogP contribution in [0.3, 0.4) is 0 Å². The van der Waals surface area contributed by atoms with E-state index >= 15 is 0 Å². The summed E-state index contributed by atoms with van der Waals surface area (Å²) in [5, 5.41) is 9.29. The largest absolute Gasteiger partial charge is 0.396 e. The van der Waals surface area contributed by atoms with E-state index in [9.17, 15) is 0 Å². The summed E-state index contributed by atoms with van der Waals surface area (Å²) in [7, 11) is 0. The number of thiol groups is 2. The molecule has 145 valence electrons. The van der Waals surface area contributed by atoms with Gasteiger partial charge in [0.2, 0.25) is 0 Å². The van der Waals surface area contributed by atoms with Crippen molar-refractivity contribution in [2.75, 3.05) is 13.2 Å². The summed E-state index contributed by atoms with van der Waals surface area (Å²) in [5.74, 6) is 0. The van der Waals surface area contributed by atoms with E-state index in [-0.39, 0.29) is 27.6 Å². The average molecular weight is 547 g/mol. The first kappa shape index (κ1) is 26.6. The molecule has 0 bridgehead atoms. The Morgan fingerprint density at radius 1 is 0.609 bits per heavy atom. The fraction of sp³-hybridized carbons (Fsp3) is 1.00. The summed E-state index contributed by atoms with van der Waals surface area (Å²) in [6.07, 6.45) is 18.3. The summed E-state index contributed by atoms with van der Waals surface area (Å²) >= 11 is 8.99. The number of aliphatic hydroxyl groups excluding tert-OH is 1. The second kappa shape index (κ2) is 21.4. The third kappa shape index (κ3) is 19.5. The average Bonchev–Trinajstić information content (AvgIpc) is 2.54. The Morgan fingerprint density at radius 3 is 1.30 bits per heavy atom. The van der Waals surface area contributed by atoms with Crippen LogP contribution >= 0.6 is 25.3 Å². The van der Waals surface area contributed by atoms with E-state index < -0.39 is 0 Å². The van der Waals surface area contributed by atoms with Crippen LogP contribution in [-0.4, -0.2) is 28.8 Å². The van der Waals surface area contributed by atoms with Crippen molar-refractivity contribution in [2.45, 2.75) is 100 Å². The topological polar surface area (TPSA) is 46.2 Å². The standard InChI is InChI=1S/C18H39NOS2.Au/c19-16-18(22)17(21)14-12-10-8-6-4-2-1-3-5-7-9-11-13-15-20;/h17-18,20-22H,1-16,19H2;. The molecule has 0 fully saturated rings. The molecular formula is C18H39AuNOS2. The molecule has 2 atom stereocenters. The van der Waals surface area contributed by atoms with E-state index in [0.29, 0.717) is 18.4 Å². The van der Waals surface area contributed by atoms with Crippen LogP contribution in [0.5, 0.6) is 0 Å². The summed E-state index contributed by atoms with van der Waals surface area (Å²) in [5.41, 5.74) is 5.59. The van der Waals surface area contributed by atoms with Crippen molar-refractivity contribution >= 4 is 25.3 Å². The second-order valence-electron chi connectivity index (χ2n) is 6.48. The third-order valence-electron chi connectivity index (χ3n) is 4.34. The van der Waals surface area contributed by atoms with Gasteiger partial charge in [-0.2, -0.15) is 25.3 Å². The minimum absolute atomic E-state index is 0. The van der Waals surface area contributed by atoms with Crippen LogP contribution in [0.25, 0.3) is 0 Å². The van der Waals surface area contributed by atoms with Gasteiger partial charge in [0.25, 0.3) is 0 Å². The number of unbranched alkanes of at least 4 members (excludes halogenated alkanes) is 12. The van der Waals surface area contributed by atoms with Crippen LogP contribution in [0.15, 0.2) is 0 Å². The molecule has 0 aromatic carbocycles. The number of hydrogen-bond acceptors (Lipinski definition) is 4. The summed E-state index contributed by atoms with van der Waals surface area (Å²) in [6, 6.07) is 0. The molecule has 2 unspecified atom stereocenters. The van der Waals surface area contributed by atoms with E-state index in [1.807, 2.05) is 0 Å². The normalized spacial score (nSPS) is 13.6. The first-order valence-electron chi connectivity index (χ1n) is 9.39. The van der Waals surface area contributed by atoms with Crippen LogP contribution < -0.4 is 5.73 Å². The molecule has 0 saturated carbocycles. The molecule has 0 aliphatic heterocycles. The molecule has 0 aromatic rings. The fourth-order valence-corrected chi connectivity index (χ4v) is 3.21. The molecule has 0 aromatic heterocycles. The SMILES string of the molecule is NCC(S)C(S)CCCCCCCCCCCCCCCO.[Au]. The maximum atomic E-state index is 8.69. The molecule has 0 aliphatic carbocycles. The summed E-state index contributed by atoms with van der Waals surface area (Å²) in [4.78, 5) is 0. The Balaban J connectivity index is 0. The van der Waals surface area contributed by atoms with Crippen LogP contribution in [0.2, 0.25) is 0 Å². The van der Waals surface area contributed by atoms with Gasteiger partial charge in [0.05, 0.1) is 0 Å². The van der Waals surface area contributed by atoms with Crippen molar-refractivity contribution in [2.24, 2.45) is 5.73 Å². The Hall–Kier alpha value is 1.36. The zero-order valence-electron chi connectivity index (χ0n) is 14.7. The predicted molar refractivity (Wildman–Crippen MR) is 106 cm³/mol. The maximum absolute atomic E-state index is 8.69. The van der Waals surface area contributed by atoms with Crippen LogP contribution in [0, 0.1) is 0 Å². The third-order valence-corrected chi connectivity index (χ3v) is 5.77. The number of nitrogens with two attached hydrogens (primary N) is 1. The molecule has 1 radical (unpaired) electrons. The monoisotopic (exact) mass is 546 g/mol. The molecule has 0 amide bonds. The molecule has 0 spiro atoms. The van der Waals surface area contributed by atoms with Gasteiger partial charge in [0.1, 0.15) is 0 Å². The van der Waals surface area contributed by atoms with Crippen LogP contribution in [0.1, 0.15) is 89.9 Å². The van der Waals surface area contributed by atoms with Crippen LogP contribution in [-0.2, 0) is 22.4 Å². The van der Waals surface area contributed by atoms with Crippen molar-refractivity contribution in [1.82, 2.24) is 0 Å². The minimum Gasteiger partial charge on any atom is -0.396 e. The Bertz CT molecular complexity index is 223. The Kier molecular flexibility index (Phi) is 24.7. The van der Waals surface area contributed by atoms with Gasteiger partial charge in [0, 0.05) is 46.0 Å². The van der Waals surface area contributed by atoms with E-state index in [1.54, 1.807) is 0 Å². The molecule has 3 N–H and O–H groups in total. The number of hydrogen-bond donors (Lipinski definition) is 4. The molecule has 5 heteroatoms. The van der Waals surface area contributed by atoms with E-state index in [1.165, 1.54) is 77.0 Å². The van der Waals surface area contributed by atoms with Gasteiger partial charge in [-0.3, -0.25) is 0 Å². The Labute approximate surface area is 171 Å². The molecule has 23 heavy (non-hydrogen) atoms. The summed E-state index contributed by atoms with van der Waals surface area (Å²) < 4.78 is 0. The zero-order valence-corrected chi connectivity index (χ0v) is 18.6. The van der Waals surface area contributed by atoms with Gasteiger partial charge < -0.3 is 10.8 Å². The molecule has 0 rings (SSSR count). The maximum Gasteiger partial charge on any atom is 0.0431 e. The zero-order chi connectivity index (χ0) is 16.5. The van der Waals surface area contributed by atoms with Crippen molar-refractivity contribution in [3.8, 4) is 0 Å². The second-order valence-corrected chi connectivity index (χ2v) is 7.81. The van der Waals surface area contributed by atoms with E-state index in [0.717, 1.165) is 12.8 Å². The molecule has 0 saturated heterocycles. The van der Waals surface area contributed by atoms with E-state index in [2.05, 4.69) is 25.3 Å². The van der Waals surface area contributed by atoms with Gasteiger partial charge >= 0.3 is 0 Å². The van der Waals surface area contributed by atoms with Gasteiger partial charge in [-0.15, -0.1) is 0 Å². The summed E-state index contributed by atoms with van der Waals surface area (Å²) in [6.45, 7) is 0.982. The number of aliphatic hydroxyl groups is 1. The molecular weight excluding hydrogens is 507 g/mol. The number of rotatable bonds is 17. The fourth-order valence-electron chi connectivity index (χ4n) is 2.76. The quantitative estimate of drug-likeness (QED) is 0.118. The molecule has 2 nitrogen and oxygen atoms in total. The van der Waals surface area contributed by atoms with Crippen molar-refractivity contribution in [1.29, 1.82) is 0 Å². The van der Waals surface area contributed by atoms with E-state index in [4.69, 9.17) is 10.8 Å². The first-order valence-corrected chi connectivity index (χ1v) is 10.4. The Morgan fingerprint density at radius 2 is 0.957 bits per heavy atom. The van der Waals surface area contributed by atoms with Gasteiger partial charge in [-0.25, -0.2) is 0 Å².